The molecule has 0 radical (unpaired) electrons. The van der Waals surface area contributed by atoms with Gasteiger partial charge in [-0.1, -0.05) is 0 Å². The maximum Gasteiger partial charge on any atom is 0.471 e. The van der Waals surface area contributed by atoms with Crippen LogP contribution in [0.1, 0.15) is 10.4 Å². The summed E-state index contributed by atoms with van der Waals surface area (Å²) in [5, 5.41) is 4.03. The SMILES string of the molecule is O=C(NCCNC(=O)C(F)(F)F)c1ccc2c(c1)OCO2. The van der Waals surface area contributed by atoms with Crippen LogP contribution in [-0.2, 0) is 4.79 Å². The highest BCUT2D eigenvalue weighted by Gasteiger charge is 2.38. The van der Waals surface area contributed by atoms with Crippen LogP contribution in [0.15, 0.2) is 18.2 Å². The van der Waals surface area contributed by atoms with E-state index in [0.717, 1.165) is 0 Å². The van der Waals surface area contributed by atoms with Gasteiger partial charge in [-0.3, -0.25) is 9.59 Å². The van der Waals surface area contributed by atoms with Gasteiger partial charge in [0.1, 0.15) is 0 Å². The highest BCUT2D eigenvalue weighted by Crippen LogP contribution is 2.32. The van der Waals surface area contributed by atoms with Gasteiger partial charge in [-0.05, 0) is 18.2 Å². The molecule has 0 saturated carbocycles. The number of benzene rings is 1. The van der Waals surface area contributed by atoms with Crippen molar-refractivity contribution in [3.63, 3.8) is 0 Å². The molecule has 0 aromatic heterocycles. The number of ether oxygens (including phenoxy) is 2. The molecule has 0 spiro atoms. The fourth-order valence-corrected chi connectivity index (χ4v) is 1.59. The van der Waals surface area contributed by atoms with Gasteiger partial charge in [-0.15, -0.1) is 0 Å². The zero-order valence-electron chi connectivity index (χ0n) is 10.6. The number of rotatable bonds is 4. The Balaban J connectivity index is 1.79. The highest BCUT2D eigenvalue weighted by atomic mass is 19.4. The topological polar surface area (TPSA) is 76.7 Å². The van der Waals surface area contributed by atoms with Crippen LogP contribution in [0.5, 0.6) is 11.5 Å². The van der Waals surface area contributed by atoms with Crippen LogP contribution >= 0.6 is 0 Å². The highest BCUT2D eigenvalue weighted by molar-refractivity contribution is 5.95. The molecule has 1 aliphatic heterocycles. The number of hydrogen-bond acceptors (Lipinski definition) is 4. The van der Waals surface area contributed by atoms with Crippen LogP contribution in [-0.4, -0.2) is 37.9 Å². The van der Waals surface area contributed by atoms with Crippen molar-refractivity contribution in [3.8, 4) is 11.5 Å². The van der Waals surface area contributed by atoms with Crippen molar-refractivity contribution >= 4 is 11.8 Å². The largest absolute Gasteiger partial charge is 0.471 e. The summed E-state index contributed by atoms with van der Waals surface area (Å²) in [6.45, 7) is -0.381. The number of amides is 2. The van der Waals surface area contributed by atoms with Gasteiger partial charge in [0.2, 0.25) is 6.79 Å². The van der Waals surface area contributed by atoms with Gasteiger partial charge in [0.25, 0.3) is 5.91 Å². The van der Waals surface area contributed by atoms with E-state index in [1.165, 1.54) is 12.1 Å². The van der Waals surface area contributed by atoms with Gasteiger partial charge in [0, 0.05) is 18.7 Å². The smallest absolute Gasteiger partial charge is 0.454 e. The molecule has 1 aliphatic rings. The summed E-state index contributed by atoms with van der Waals surface area (Å²) >= 11 is 0. The predicted molar refractivity (Wildman–Crippen MR) is 64.0 cm³/mol. The van der Waals surface area contributed by atoms with E-state index in [4.69, 9.17) is 9.47 Å². The van der Waals surface area contributed by atoms with Gasteiger partial charge in [-0.25, -0.2) is 0 Å². The number of nitrogens with one attached hydrogen (secondary N) is 2. The summed E-state index contributed by atoms with van der Waals surface area (Å²) in [4.78, 5) is 22.3. The molecule has 0 fully saturated rings. The molecule has 1 aromatic rings. The van der Waals surface area contributed by atoms with Crippen LogP contribution in [0.2, 0.25) is 0 Å². The summed E-state index contributed by atoms with van der Waals surface area (Å²) in [5.74, 6) is -1.59. The molecule has 0 aliphatic carbocycles. The van der Waals surface area contributed by atoms with Crippen molar-refractivity contribution in [2.45, 2.75) is 6.18 Å². The summed E-state index contributed by atoms with van der Waals surface area (Å²) in [7, 11) is 0. The predicted octanol–water partition coefficient (Wildman–Crippen LogP) is 0.824. The lowest BCUT2D eigenvalue weighted by atomic mass is 10.2. The Bertz CT molecular complexity index is 560. The van der Waals surface area contributed by atoms with E-state index in [9.17, 15) is 22.8 Å². The van der Waals surface area contributed by atoms with Crippen LogP contribution < -0.4 is 20.1 Å². The third-order valence-electron chi connectivity index (χ3n) is 2.59. The first-order chi connectivity index (χ1) is 9.88. The zero-order chi connectivity index (χ0) is 15.5. The van der Waals surface area contributed by atoms with Crippen molar-refractivity contribution in [3.05, 3.63) is 23.8 Å². The third-order valence-corrected chi connectivity index (χ3v) is 2.59. The van der Waals surface area contributed by atoms with Crippen molar-refractivity contribution in [2.24, 2.45) is 0 Å². The number of carbonyl (C=O) groups excluding carboxylic acids is 2. The number of alkyl halides is 3. The second-order valence-electron chi connectivity index (χ2n) is 4.08. The molecule has 114 valence electrons. The quantitative estimate of drug-likeness (QED) is 0.808. The third kappa shape index (κ3) is 3.77. The van der Waals surface area contributed by atoms with Crippen LogP contribution in [0.3, 0.4) is 0 Å². The molecule has 0 atom stereocenters. The Morgan fingerprint density at radius 2 is 1.76 bits per heavy atom. The lowest BCUT2D eigenvalue weighted by Crippen LogP contribution is -2.41. The molecule has 1 heterocycles. The average Bonchev–Trinajstić information content (AvgIpc) is 2.89. The van der Waals surface area contributed by atoms with E-state index in [0.29, 0.717) is 11.5 Å². The number of carbonyl (C=O) groups is 2. The van der Waals surface area contributed by atoms with Crippen molar-refractivity contribution < 1.29 is 32.2 Å². The van der Waals surface area contributed by atoms with Gasteiger partial charge < -0.3 is 20.1 Å². The zero-order valence-corrected chi connectivity index (χ0v) is 10.6. The van der Waals surface area contributed by atoms with E-state index in [1.807, 2.05) is 0 Å². The monoisotopic (exact) mass is 304 g/mol. The Morgan fingerprint density at radius 1 is 1.10 bits per heavy atom. The Morgan fingerprint density at radius 3 is 2.48 bits per heavy atom. The van der Waals surface area contributed by atoms with E-state index in [2.05, 4.69) is 5.32 Å². The first kappa shape index (κ1) is 14.9. The second-order valence-corrected chi connectivity index (χ2v) is 4.08. The maximum atomic E-state index is 11.9. The molecule has 0 saturated heterocycles. The van der Waals surface area contributed by atoms with E-state index in [1.54, 1.807) is 11.4 Å². The minimum atomic E-state index is -4.93. The van der Waals surface area contributed by atoms with E-state index >= 15 is 0 Å². The Labute approximate surface area is 117 Å². The second kappa shape index (κ2) is 5.90. The molecule has 2 N–H and O–H groups in total. The summed E-state index contributed by atoms with van der Waals surface area (Å²) in [6, 6.07) is 4.52. The Hall–Kier alpha value is -2.45. The number of fused-ring (bicyclic) bond motifs is 1. The van der Waals surface area contributed by atoms with Gasteiger partial charge in [0.05, 0.1) is 0 Å². The van der Waals surface area contributed by atoms with Crippen LogP contribution in [0.4, 0.5) is 13.2 Å². The van der Waals surface area contributed by atoms with Gasteiger partial charge in [-0.2, -0.15) is 13.2 Å². The van der Waals surface area contributed by atoms with E-state index in [-0.39, 0.29) is 25.4 Å². The fraction of sp³-hybridized carbons (Fsp3) is 0.333. The molecule has 6 nitrogen and oxygen atoms in total. The first-order valence-electron chi connectivity index (χ1n) is 5.91. The lowest BCUT2D eigenvalue weighted by Gasteiger charge is -2.09. The van der Waals surface area contributed by atoms with Crippen LogP contribution in [0.25, 0.3) is 0 Å². The molecule has 2 amide bonds. The summed E-state index contributed by atoms with van der Waals surface area (Å²) in [6.07, 6.45) is -4.93. The molecular formula is C12H11F3N2O4. The number of hydrogen-bond donors (Lipinski definition) is 2. The maximum absolute atomic E-state index is 11.9. The first-order valence-corrected chi connectivity index (χ1v) is 5.91. The lowest BCUT2D eigenvalue weighted by molar-refractivity contribution is -0.173. The minimum absolute atomic E-state index is 0.0733. The van der Waals surface area contributed by atoms with Crippen molar-refractivity contribution in [1.29, 1.82) is 0 Å². The normalized spacial score (nSPS) is 12.9. The molecule has 1 aromatic carbocycles. The van der Waals surface area contributed by atoms with Crippen LogP contribution in [0, 0.1) is 0 Å². The molecule has 2 rings (SSSR count). The molecule has 0 unspecified atom stereocenters. The standard InChI is InChI=1S/C12H11F3N2O4/c13-12(14,15)11(19)17-4-3-16-10(18)7-1-2-8-9(5-7)21-6-20-8/h1-2,5H,3-4,6H2,(H,16,18)(H,17,19). The van der Waals surface area contributed by atoms with E-state index < -0.39 is 18.0 Å². The minimum Gasteiger partial charge on any atom is -0.454 e. The summed E-state index contributed by atoms with van der Waals surface area (Å²) < 4.78 is 45.9. The van der Waals surface area contributed by atoms with Gasteiger partial charge >= 0.3 is 12.1 Å². The average molecular weight is 304 g/mol. The molecule has 0 bridgehead atoms. The number of halogens is 3. The van der Waals surface area contributed by atoms with Crippen molar-refractivity contribution in [1.82, 2.24) is 10.6 Å². The molecule has 21 heavy (non-hydrogen) atoms. The molecular weight excluding hydrogens is 293 g/mol. The Kier molecular flexibility index (Phi) is 4.20. The molecule has 9 heteroatoms. The van der Waals surface area contributed by atoms with Gasteiger partial charge in [0.15, 0.2) is 11.5 Å². The van der Waals surface area contributed by atoms with Crippen molar-refractivity contribution in [2.75, 3.05) is 19.9 Å². The fourth-order valence-electron chi connectivity index (χ4n) is 1.59. The summed E-state index contributed by atoms with van der Waals surface area (Å²) in [5.41, 5.74) is 0.279.